The van der Waals surface area contributed by atoms with Crippen LogP contribution in [0.3, 0.4) is 0 Å². The van der Waals surface area contributed by atoms with E-state index in [-0.39, 0.29) is 15.7 Å². The normalized spacial score (nSPS) is 11.0. The van der Waals surface area contributed by atoms with Gasteiger partial charge in [-0.3, -0.25) is 4.79 Å². The van der Waals surface area contributed by atoms with Crippen molar-refractivity contribution in [2.45, 2.75) is 22.9 Å². The van der Waals surface area contributed by atoms with Gasteiger partial charge in [-0.15, -0.1) is 0 Å². The van der Waals surface area contributed by atoms with Crippen LogP contribution in [-0.2, 0) is 22.9 Å². The van der Waals surface area contributed by atoms with Gasteiger partial charge in [-0.05, 0) is 48.0 Å². The number of hydrogen-bond donors (Lipinski definition) is 2. The van der Waals surface area contributed by atoms with Gasteiger partial charge in [-0.2, -0.15) is 0 Å². The Morgan fingerprint density at radius 3 is 2.19 bits per heavy atom. The Kier molecular flexibility index (Phi) is 8.10. The third-order valence-electron chi connectivity index (χ3n) is 5.86. The number of sulfone groups is 1. The molecule has 1 amide bonds. The van der Waals surface area contributed by atoms with Crippen molar-refractivity contribution in [1.82, 2.24) is 5.32 Å². The summed E-state index contributed by atoms with van der Waals surface area (Å²) in [5.41, 5.74) is 2.76. The molecule has 4 aromatic carbocycles. The Morgan fingerprint density at radius 1 is 0.784 bits per heavy atom. The number of carbonyl (C=O) groups is 1. The Labute approximate surface area is 217 Å². The van der Waals surface area contributed by atoms with Crippen LogP contribution in [0, 0.1) is 0 Å². The molecule has 0 radical (unpaired) electrons. The smallest absolute Gasteiger partial charge is 0.251 e. The van der Waals surface area contributed by atoms with Crippen molar-refractivity contribution < 1.29 is 22.7 Å². The second-order valence-electron chi connectivity index (χ2n) is 8.22. The molecule has 0 saturated heterocycles. The highest BCUT2D eigenvalue weighted by Crippen LogP contribution is 2.31. The molecule has 37 heavy (non-hydrogen) atoms. The molecule has 0 aromatic heterocycles. The van der Waals surface area contributed by atoms with Gasteiger partial charge in [0.1, 0.15) is 11.5 Å². The van der Waals surface area contributed by atoms with E-state index >= 15 is 0 Å². The van der Waals surface area contributed by atoms with Gasteiger partial charge in [-0.1, -0.05) is 48.5 Å². The van der Waals surface area contributed by atoms with Crippen molar-refractivity contribution in [3.05, 3.63) is 114 Å². The molecular weight excluding hydrogens is 488 g/mol. The molecule has 8 heteroatoms. The lowest BCUT2D eigenvalue weighted by atomic mass is 10.1. The number of methoxy groups -OCH3 is 2. The first-order chi connectivity index (χ1) is 17.9. The van der Waals surface area contributed by atoms with Crippen molar-refractivity contribution in [3.8, 4) is 11.5 Å². The molecule has 190 valence electrons. The summed E-state index contributed by atoms with van der Waals surface area (Å²) in [6.45, 7) is 0.717. The minimum Gasteiger partial charge on any atom is -0.497 e. The van der Waals surface area contributed by atoms with Crippen LogP contribution in [0.4, 0.5) is 5.69 Å². The fourth-order valence-electron chi connectivity index (χ4n) is 3.82. The summed E-state index contributed by atoms with van der Waals surface area (Å²) < 4.78 is 37.2. The van der Waals surface area contributed by atoms with Gasteiger partial charge < -0.3 is 20.1 Å². The van der Waals surface area contributed by atoms with E-state index in [1.807, 2.05) is 36.4 Å². The van der Waals surface area contributed by atoms with Crippen molar-refractivity contribution in [1.29, 1.82) is 0 Å². The number of nitrogens with one attached hydrogen (secondary N) is 2. The fraction of sp³-hybridized carbons (Fsp3) is 0.138. The van der Waals surface area contributed by atoms with E-state index in [4.69, 9.17) is 9.47 Å². The molecule has 0 bridgehead atoms. The molecule has 0 aliphatic heterocycles. The zero-order chi connectivity index (χ0) is 26.3. The lowest BCUT2D eigenvalue weighted by Crippen LogP contribution is -2.23. The Morgan fingerprint density at radius 2 is 1.49 bits per heavy atom. The molecule has 0 fully saturated rings. The number of rotatable bonds is 10. The third kappa shape index (κ3) is 6.10. The highest BCUT2D eigenvalue weighted by molar-refractivity contribution is 7.91. The molecular formula is C29H28N2O5S. The second-order valence-corrected chi connectivity index (χ2v) is 10.1. The Bertz CT molecular complexity index is 1470. The van der Waals surface area contributed by atoms with E-state index in [1.165, 1.54) is 13.2 Å². The minimum atomic E-state index is -3.76. The molecule has 0 saturated carbocycles. The number of carbonyl (C=O) groups excluding carboxylic acids is 1. The summed E-state index contributed by atoms with van der Waals surface area (Å²) >= 11 is 0. The van der Waals surface area contributed by atoms with E-state index in [1.54, 1.807) is 61.7 Å². The summed E-state index contributed by atoms with van der Waals surface area (Å²) in [5.74, 6) is 0.969. The Balaban J connectivity index is 1.45. The van der Waals surface area contributed by atoms with Crippen molar-refractivity contribution in [2.75, 3.05) is 19.5 Å². The minimum absolute atomic E-state index is 0.130. The van der Waals surface area contributed by atoms with E-state index in [0.717, 1.165) is 16.9 Å². The average Bonchev–Trinajstić information content (AvgIpc) is 2.95. The molecule has 0 aliphatic rings. The largest absolute Gasteiger partial charge is 0.497 e. The highest BCUT2D eigenvalue weighted by atomic mass is 32.2. The summed E-state index contributed by atoms with van der Waals surface area (Å²) in [6.07, 6.45) is 0. The van der Waals surface area contributed by atoms with Gasteiger partial charge in [0.25, 0.3) is 5.91 Å². The number of ether oxygens (including phenoxy) is 2. The predicted molar refractivity (Wildman–Crippen MR) is 143 cm³/mol. The first kappa shape index (κ1) is 25.8. The quantitative estimate of drug-likeness (QED) is 0.305. The van der Waals surface area contributed by atoms with Gasteiger partial charge in [0.05, 0.1) is 29.7 Å². The first-order valence-electron chi connectivity index (χ1n) is 11.6. The van der Waals surface area contributed by atoms with E-state index in [2.05, 4.69) is 10.6 Å². The highest BCUT2D eigenvalue weighted by Gasteiger charge is 2.22. The number of hydrogen-bond acceptors (Lipinski definition) is 6. The van der Waals surface area contributed by atoms with Crippen LogP contribution in [0.25, 0.3) is 0 Å². The molecule has 0 heterocycles. The fourth-order valence-corrected chi connectivity index (χ4v) is 5.29. The van der Waals surface area contributed by atoms with Gasteiger partial charge in [0, 0.05) is 30.3 Å². The van der Waals surface area contributed by atoms with Crippen LogP contribution in [-0.4, -0.2) is 28.5 Å². The van der Waals surface area contributed by atoms with E-state index in [9.17, 15) is 13.2 Å². The van der Waals surface area contributed by atoms with Gasteiger partial charge in [-0.25, -0.2) is 8.42 Å². The second kappa shape index (κ2) is 11.6. The predicted octanol–water partition coefficient (Wildman–Crippen LogP) is 5.08. The molecule has 0 spiro atoms. The molecule has 7 nitrogen and oxygen atoms in total. The number of anilines is 1. The summed E-state index contributed by atoms with van der Waals surface area (Å²) in [4.78, 5) is 12.9. The van der Waals surface area contributed by atoms with Crippen LogP contribution in [0.1, 0.15) is 21.5 Å². The molecule has 4 aromatic rings. The summed E-state index contributed by atoms with van der Waals surface area (Å²) in [7, 11) is -0.671. The first-order valence-corrected chi connectivity index (χ1v) is 13.1. The van der Waals surface area contributed by atoms with Crippen LogP contribution in [0.2, 0.25) is 0 Å². The number of benzene rings is 4. The van der Waals surface area contributed by atoms with E-state index in [0.29, 0.717) is 30.1 Å². The number of amides is 1. The van der Waals surface area contributed by atoms with Crippen molar-refractivity contribution >= 4 is 21.4 Å². The standard InChI is InChI=1S/C29H28N2O5S/c1-35-24-16-17-26(28(18-24)37(33,34)25-9-4-3-5-10-25)30-19-21-12-14-22(15-13-21)29(32)31-20-23-8-6-7-11-27(23)36-2/h3-18,30H,19-20H2,1-2H3,(H,31,32). The molecule has 4 rings (SSSR count). The molecule has 0 aliphatic carbocycles. The van der Waals surface area contributed by atoms with Crippen molar-refractivity contribution in [3.63, 3.8) is 0 Å². The van der Waals surface area contributed by atoms with Gasteiger partial charge in [0.2, 0.25) is 9.84 Å². The van der Waals surface area contributed by atoms with Gasteiger partial charge in [0.15, 0.2) is 0 Å². The zero-order valence-electron chi connectivity index (χ0n) is 20.6. The molecule has 0 unspecified atom stereocenters. The monoisotopic (exact) mass is 516 g/mol. The lowest BCUT2D eigenvalue weighted by molar-refractivity contribution is 0.0950. The zero-order valence-corrected chi connectivity index (χ0v) is 21.4. The lowest BCUT2D eigenvalue weighted by Gasteiger charge is -2.15. The maximum Gasteiger partial charge on any atom is 0.251 e. The van der Waals surface area contributed by atoms with Crippen LogP contribution >= 0.6 is 0 Å². The van der Waals surface area contributed by atoms with Gasteiger partial charge >= 0.3 is 0 Å². The maximum absolute atomic E-state index is 13.3. The molecule has 2 N–H and O–H groups in total. The SMILES string of the molecule is COc1ccc(NCc2ccc(C(=O)NCc3ccccc3OC)cc2)c(S(=O)(=O)c2ccccc2)c1. The van der Waals surface area contributed by atoms with Crippen LogP contribution in [0.15, 0.2) is 107 Å². The summed E-state index contributed by atoms with van der Waals surface area (Å²) in [5, 5.41) is 6.12. The average molecular weight is 517 g/mol. The van der Waals surface area contributed by atoms with Crippen LogP contribution in [0.5, 0.6) is 11.5 Å². The third-order valence-corrected chi connectivity index (χ3v) is 7.67. The number of para-hydroxylation sites is 1. The van der Waals surface area contributed by atoms with Crippen LogP contribution < -0.4 is 20.1 Å². The summed E-state index contributed by atoms with van der Waals surface area (Å²) in [6, 6.07) is 27.9. The van der Waals surface area contributed by atoms with Crippen molar-refractivity contribution in [2.24, 2.45) is 0 Å². The topological polar surface area (TPSA) is 93.7 Å². The molecule has 0 atom stereocenters. The Hall–Kier alpha value is -4.30. The maximum atomic E-state index is 13.3. The van der Waals surface area contributed by atoms with E-state index < -0.39 is 9.84 Å².